The molecule has 0 amide bonds. The van der Waals surface area contributed by atoms with Crippen LogP contribution in [0.2, 0.25) is 0 Å². The summed E-state index contributed by atoms with van der Waals surface area (Å²) in [5.74, 6) is 0. The van der Waals surface area contributed by atoms with Crippen LogP contribution in [0.4, 0.5) is 11.4 Å². The topological polar surface area (TPSA) is 83.8 Å². The highest BCUT2D eigenvalue weighted by Crippen LogP contribution is 2.29. The summed E-state index contributed by atoms with van der Waals surface area (Å²) in [6.45, 7) is 7.25. The molecule has 8 heteroatoms. The minimum Gasteiger partial charge on any atom is -0.369 e. The summed E-state index contributed by atoms with van der Waals surface area (Å²) in [6.07, 6.45) is 0. The van der Waals surface area contributed by atoms with Gasteiger partial charge < -0.3 is 4.90 Å². The normalized spacial score (nSPS) is 15.7. The highest BCUT2D eigenvalue weighted by atomic mass is 32.2. The van der Waals surface area contributed by atoms with Crippen molar-refractivity contribution in [1.29, 1.82) is 0 Å². The average Bonchev–Trinajstić information content (AvgIpc) is 2.63. The maximum Gasteiger partial charge on any atom is 0.271 e. The fourth-order valence-electron chi connectivity index (χ4n) is 3.33. The van der Waals surface area contributed by atoms with Crippen molar-refractivity contribution in [2.75, 3.05) is 31.1 Å². The number of piperazine rings is 1. The Balaban J connectivity index is 1.84. The van der Waals surface area contributed by atoms with Crippen LogP contribution in [-0.2, 0) is 10.0 Å². The van der Waals surface area contributed by atoms with Gasteiger partial charge in [-0.25, -0.2) is 8.42 Å². The Hall–Kier alpha value is -2.45. The zero-order valence-electron chi connectivity index (χ0n) is 15.7. The zero-order valence-corrected chi connectivity index (χ0v) is 16.5. The van der Waals surface area contributed by atoms with Gasteiger partial charge in [-0.05, 0) is 49.6 Å². The number of rotatable bonds is 4. The predicted molar refractivity (Wildman–Crippen MR) is 105 cm³/mol. The highest BCUT2D eigenvalue weighted by molar-refractivity contribution is 7.89. The van der Waals surface area contributed by atoms with Crippen molar-refractivity contribution in [3.8, 4) is 0 Å². The van der Waals surface area contributed by atoms with Crippen molar-refractivity contribution in [3.63, 3.8) is 0 Å². The van der Waals surface area contributed by atoms with E-state index < -0.39 is 14.9 Å². The van der Waals surface area contributed by atoms with E-state index in [1.165, 1.54) is 16.4 Å². The number of nitro benzene ring substituents is 1. The molecule has 27 heavy (non-hydrogen) atoms. The Kier molecular flexibility index (Phi) is 5.21. The first kappa shape index (κ1) is 19.3. The molecule has 1 aliphatic heterocycles. The number of nitro groups is 1. The first-order chi connectivity index (χ1) is 12.7. The highest BCUT2D eigenvalue weighted by Gasteiger charge is 2.31. The van der Waals surface area contributed by atoms with E-state index in [9.17, 15) is 18.5 Å². The number of benzene rings is 2. The van der Waals surface area contributed by atoms with Gasteiger partial charge in [0.1, 0.15) is 0 Å². The van der Waals surface area contributed by atoms with E-state index in [4.69, 9.17) is 0 Å². The third-order valence-electron chi connectivity index (χ3n) is 5.04. The van der Waals surface area contributed by atoms with Gasteiger partial charge in [0, 0.05) is 44.0 Å². The van der Waals surface area contributed by atoms with Gasteiger partial charge in [0.15, 0.2) is 0 Å². The maximum absolute atomic E-state index is 13.1. The smallest absolute Gasteiger partial charge is 0.271 e. The number of hydrogen-bond donors (Lipinski definition) is 0. The lowest BCUT2D eigenvalue weighted by molar-refractivity contribution is -0.385. The summed E-state index contributed by atoms with van der Waals surface area (Å²) in [7, 11) is -3.78. The molecule has 7 nitrogen and oxygen atoms in total. The number of non-ortho nitro benzene ring substituents is 1. The molecule has 1 aliphatic rings. The van der Waals surface area contributed by atoms with Gasteiger partial charge in [-0.15, -0.1) is 0 Å². The van der Waals surface area contributed by atoms with Crippen LogP contribution in [0.15, 0.2) is 41.3 Å². The fourth-order valence-corrected chi connectivity index (χ4v) is 5.07. The van der Waals surface area contributed by atoms with Gasteiger partial charge in [0.25, 0.3) is 5.69 Å². The van der Waals surface area contributed by atoms with Crippen LogP contribution in [0.5, 0.6) is 0 Å². The minimum atomic E-state index is -3.78. The molecule has 0 atom stereocenters. The van der Waals surface area contributed by atoms with Crippen LogP contribution < -0.4 is 4.90 Å². The average molecular weight is 389 g/mol. The first-order valence-corrected chi connectivity index (χ1v) is 10.2. The molecule has 0 aromatic heterocycles. The Bertz CT molecular complexity index is 980. The molecule has 0 saturated carbocycles. The molecule has 0 N–H and O–H groups in total. The summed E-state index contributed by atoms with van der Waals surface area (Å²) in [5, 5.41) is 11.1. The van der Waals surface area contributed by atoms with Crippen molar-refractivity contribution in [3.05, 3.63) is 63.2 Å². The fraction of sp³-hybridized carbons (Fsp3) is 0.368. The van der Waals surface area contributed by atoms with Gasteiger partial charge >= 0.3 is 0 Å². The molecule has 2 aromatic rings. The maximum atomic E-state index is 13.1. The van der Waals surface area contributed by atoms with Gasteiger partial charge in [-0.3, -0.25) is 10.1 Å². The molecule has 1 heterocycles. The number of nitrogens with zero attached hydrogens (tertiary/aromatic N) is 3. The summed E-state index contributed by atoms with van der Waals surface area (Å²) < 4.78 is 27.7. The quantitative estimate of drug-likeness (QED) is 0.593. The minimum absolute atomic E-state index is 0.0261. The third kappa shape index (κ3) is 3.81. The van der Waals surface area contributed by atoms with Crippen LogP contribution in [0.25, 0.3) is 0 Å². The molecule has 0 spiro atoms. The Morgan fingerprint density at radius 2 is 1.67 bits per heavy atom. The summed E-state index contributed by atoms with van der Waals surface area (Å²) in [5.41, 5.74) is 3.19. The first-order valence-electron chi connectivity index (χ1n) is 8.77. The van der Waals surface area contributed by atoms with Crippen LogP contribution in [0.1, 0.15) is 16.7 Å². The lowest BCUT2D eigenvalue weighted by Gasteiger charge is -2.35. The molecule has 0 bridgehead atoms. The monoisotopic (exact) mass is 389 g/mol. The van der Waals surface area contributed by atoms with Crippen LogP contribution in [-0.4, -0.2) is 43.8 Å². The van der Waals surface area contributed by atoms with E-state index >= 15 is 0 Å². The van der Waals surface area contributed by atoms with Crippen LogP contribution in [0, 0.1) is 30.9 Å². The summed E-state index contributed by atoms with van der Waals surface area (Å²) in [4.78, 5) is 12.8. The number of sulfonamides is 1. The Morgan fingerprint density at radius 3 is 2.26 bits per heavy atom. The second-order valence-electron chi connectivity index (χ2n) is 6.87. The number of aryl methyl sites for hydroxylation is 2. The van der Waals surface area contributed by atoms with E-state index in [0.29, 0.717) is 37.3 Å². The summed E-state index contributed by atoms with van der Waals surface area (Å²) in [6, 6.07) is 10.7. The molecule has 3 rings (SSSR count). The van der Waals surface area contributed by atoms with E-state index in [1.807, 2.05) is 25.1 Å². The Morgan fingerprint density at radius 1 is 1.00 bits per heavy atom. The van der Waals surface area contributed by atoms with Crippen molar-refractivity contribution in [2.45, 2.75) is 25.7 Å². The molecule has 0 unspecified atom stereocenters. The van der Waals surface area contributed by atoms with Gasteiger partial charge in [0.05, 0.1) is 9.82 Å². The molecule has 1 saturated heterocycles. The molecule has 2 aromatic carbocycles. The molecule has 1 fully saturated rings. The van der Waals surface area contributed by atoms with Gasteiger partial charge in [0.2, 0.25) is 10.0 Å². The van der Waals surface area contributed by atoms with E-state index in [1.54, 1.807) is 13.8 Å². The standard InChI is InChI=1S/C19H23N3O4S/c1-14-5-4-6-17(11-14)20-7-9-21(10-8-20)27(25,26)19-13-18(22(23)24)12-15(2)16(19)3/h4-6,11-13H,7-10H2,1-3H3. The van der Waals surface area contributed by atoms with Crippen molar-refractivity contribution < 1.29 is 13.3 Å². The lowest BCUT2D eigenvalue weighted by Crippen LogP contribution is -2.48. The predicted octanol–water partition coefficient (Wildman–Crippen LogP) is 3.03. The molecular formula is C19H23N3O4S. The van der Waals surface area contributed by atoms with Crippen molar-refractivity contribution in [1.82, 2.24) is 4.31 Å². The second-order valence-corrected chi connectivity index (χ2v) is 8.78. The van der Waals surface area contributed by atoms with Crippen molar-refractivity contribution >= 4 is 21.4 Å². The largest absolute Gasteiger partial charge is 0.369 e. The molecular weight excluding hydrogens is 366 g/mol. The second kappa shape index (κ2) is 7.28. The molecule has 0 radical (unpaired) electrons. The Labute approximate surface area is 159 Å². The van der Waals surface area contributed by atoms with Crippen molar-refractivity contribution in [2.24, 2.45) is 0 Å². The summed E-state index contributed by atoms with van der Waals surface area (Å²) >= 11 is 0. The number of hydrogen-bond acceptors (Lipinski definition) is 5. The van der Waals surface area contributed by atoms with Crippen LogP contribution in [0.3, 0.4) is 0 Å². The van der Waals surface area contributed by atoms with Crippen LogP contribution >= 0.6 is 0 Å². The van der Waals surface area contributed by atoms with E-state index in [2.05, 4.69) is 11.0 Å². The lowest BCUT2D eigenvalue weighted by atomic mass is 10.1. The molecule has 144 valence electrons. The molecule has 0 aliphatic carbocycles. The van der Waals surface area contributed by atoms with Gasteiger partial charge in [-0.1, -0.05) is 12.1 Å². The third-order valence-corrected chi connectivity index (χ3v) is 7.06. The zero-order chi connectivity index (χ0) is 19.8. The van der Waals surface area contributed by atoms with E-state index in [-0.39, 0.29) is 10.6 Å². The number of anilines is 1. The SMILES string of the molecule is Cc1cccc(N2CCN(S(=O)(=O)c3cc([N+](=O)[O-])cc(C)c3C)CC2)c1. The van der Waals surface area contributed by atoms with Gasteiger partial charge in [-0.2, -0.15) is 4.31 Å². The van der Waals surface area contributed by atoms with E-state index in [0.717, 1.165) is 11.3 Å².